The van der Waals surface area contributed by atoms with Crippen LogP contribution in [0.4, 0.5) is 35.1 Å². The second-order valence-electron chi connectivity index (χ2n) is 10.6. The van der Waals surface area contributed by atoms with Gasteiger partial charge in [0.15, 0.2) is 24.8 Å². The Morgan fingerprint density at radius 2 is 1.15 bits per heavy atom. The number of aromatic nitrogens is 1. The van der Waals surface area contributed by atoms with Gasteiger partial charge in [-0.25, -0.2) is 17.6 Å². The molecule has 0 unspecified atom stereocenters. The summed E-state index contributed by atoms with van der Waals surface area (Å²) in [6.07, 6.45) is -7.84. The van der Waals surface area contributed by atoms with E-state index in [0.29, 0.717) is 17.3 Å². The first-order chi connectivity index (χ1) is 22.2. The van der Waals surface area contributed by atoms with Crippen LogP contribution in [-0.2, 0) is 6.54 Å². The molecule has 0 spiro atoms. The Kier molecular flexibility index (Phi) is 9.28. The smallest absolute Gasteiger partial charge is 0.340 e. The highest BCUT2D eigenvalue weighted by atomic mass is 19.3. The van der Waals surface area contributed by atoms with E-state index in [1.54, 1.807) is 30.3 Å². The van der Waals surface area contributed by atoms with Crippen molar-refractivity contribution < 1.29 is 54.2 Å². The lowest BCUT2D eigenvalue weighted by atomic mass is 9.98. The number of hydrogen-bond donors (Lipinski definition) is 0. The number of para-hydroxylation sites is 1. The van der Waals surface area contributed by atoms with E-state index < -0.39 is 49.5 Å². The summed E-state index contributed by atoms with van der Waals surface area (Å²) in [5.74, 6) is -10.2. The maximum atomic E-state index is 13.5. The first kappa shape index (κ1) is 33.4. The van der Waals surface area contributed by atoms with Crippen LogP contribution >= 0.6 is 0 Å². The first-order valence-corrected chi connectivity index (χ1v) is 14.2. The van der Waals surface area contributed by atoms with Crippen LogP contribution in [0.15, 0.2) is 84.9 Å². The minimum Gasteiger partial charge on any atom is -0.487 e. The zero-order valence-corrected chi connectivity index (χ0v) is 24.5. The molecule has 0 atom stereocenters. The number of fused-ring (bicyclic) bond motifs is 3. The monoisotopic (exact) mass is 663 g/mol. The fourth-order valence-corrected chi connectivity index (χ4v) is 5.01. The number of halogens is 8. The van der Waals surface area contributed by atoms with Crippen LogP contribution in [0.1, 0.15) is 38.8 Å². The van der Waals surface area contributed by atoms with Crippen molar-refractivity contribution in [1.29, 1.82) is 0 Å². The standard InChI is InChI=1S/C34H25F8NO4/c1-2-43-26-13-9-20(29(44)19-7-11-22(12-8-19)46-17-33(39,40)31(35)36)15-24(26)25-16-21(10-14-27(25)43)30(45)23-5-3-4-6-28(23)47-18-34(41,42)32(37)38/h3-16,31-32H,2,17-18H2,1H3. The highest BCUT2D eigenvalue weighted by Crippen LogP contribution is 2.33. The molecule has 13 heteroatoms. The van der Waals surface area contributed by atoms with Crippen molar-refractivity contribution in [2.75, 3.05) is 13.2 Å². The first-order valence-electron chi connectivity index (χ1n) is 14.2. The Balaban J connectivity index is 1.46. The Bertz CT molecular complexity index is 1940. The van der Waals surface area contributed by atoms with Gasteiger partial charge in [0.2, 0.25) is 0 Å². The Morgan fingerprint density at radius 1 is 0.660 bits per heavy atom. The van der Waals surface area contributed by atoms with Gasteiger partial charge in [0.05, 0.1) is 5.56 Å². The zero-order chi connectivity index (χ0) is 34.1. The van der Waals surface area contributed by atoms with Gasteiger partial charge >= 0.3 is 24.7 Å². The van der Waals surface area contributed by atoms with Crippen molar-refractivity contribution in [3.05, 3.63) is 107 Å². The molecule has 5 rings (SSSR count). The second kappa shape index (κ2) is 13.0. The number of carbonyl (C=O) groups excluding carboxylic acids is 2. The zero-order valence-electron chi connectivity index (χ0n) is 24.5. The number of aryl methyl sites for hydroxylation is 1. The lowest BCUT2D eigenvalue weighted by molar-refractivity contribution is -0.148. The number of nitrogens with zero attached hydrogens (tertiary/aromatic N) is 1. The third kappa shape index (κ3) is 6.79. The summed E-state index contributed by atoms with van der Waals surface area (Å²) in [4.78, 5) is 26.9. The number of ketones is 2. The summed E-state index contributed by atoms with van der Waals surface area (Å²) in [5, 5.41) is 1.20. The molecule has 47 heavy (non-hydrogen) atoms. The van der Waals surface area contributed by atoms with E-state index in [0.717, 1.165) is 11.0 Å². The fraction of sp³-hybridized carbons (Fsp3) is 0.235. The van der Waals surface area contributed by atoms with Gasteiger partial charge < -0.3 is 14.0 Å². The molecule has 0 saturated carbocycles. The molecule has 0 aliphatic rings. The van der Waals surface area contributed by atoms with Gasteiger partial charge in [-0.1, -0.05) is 12.1 Å². The fourth-order valence-electron chi connectivity index (χ4n) is 5.01. The average molecular weight is 664 g/mol. The van der Waals surface area contributed by atoms with E-state index in [9.17, 15) is 44.7 Å². The van der Waals surface area contributed by atoms with Crippen molar-refractivity contribution in [3.63, 3.8) is 0 Å². The molecule has 1 aromatic heterocycles. The molecular formula is C34H25F8NO4. The molecule has 5 nitrogen and oxygen atoms in total. The molecule has 0 bridgehead atoms. The summed E-state index contributed by atoms with van der Waals surface area (Å²) in [7, 11) is 0. The molecule has 0 N–H and O–H groups in total. The Hall–Kier alpha value is -4.94. The van der Waals surface area contributed by atoms with E-state index in [1.165, 1.54) is 54.6 Å². The van der Waals surface area contributed by atoms with Crippen LogP contribution in [-0.4, -0.2) is 54.0 Å². The lowest BCUT2D eigenvalue weighted by Gasteiger charge is -2.17. The SMILES string of the molecule is CCn1c2ccc(C(=O)c3ccc(OCC(F)(F)C(F)F)cc3)cc2c2cc(C(=O)c3ccccc3OCC(F)(F)C(F)F)ccc21. The van der Waals surface area contributed by atoms with E-state index in [4.69, 9.17) is 9.47 Å². The van der Waals surface area contributed by atoms with Crippen LogP contribution in [0.5, 0.6) is 11.5 Å². The van der Waals surface area contributed by atoms with Gasteiger partial charge in [0.25, 0.3) is 0 Å². The van der Waals surface area contributed by atoms with Crippen LogP contribution < -0.4 is 9.47 Å². The van der Waals surface area contributed by atoms with Crippen molar-refractivity contribution in [2.45, 2.75) is 38.2 Å². The summed E-state index contributed by atoms with van der Waals surface area (Å²) >= 11 is 0. The highest BCUT2D eigenvalue weighted by molar-refractivity contribution is 6.17. The molecule has 0 aliphatic carbocycles. The Morgan fingerprint density at radius 3 is 1.68 bits per heavy atom. The van der Waals surface area contributed by atoms with Gasteiger partial charge in [-0.05, 0) is 79.7 Å². The van der Waals surface area contributed by atoms with Gasteiger partial charge in [0, 0.05) is 45.0 Å². The maximum Gasteiger partial charge on any atom is 0.340 e. The summed E-state index contributed by atoms with van der Waals surface area (Å²) in [6.45, 7) is -0.727. The van der Waals surface area contributed by atoms with Crippen molar-refractivity contribution in [1.82, 2.24) is 4.57 Å². The van der Waals surface area contributed by atoms with Crippen molar-refractivity contribution in [3.8, 4) is 11.5 Å². The molecule has 0 fully saturated rings. The van der Waals surface area contributed by atoms with E-state index in [-0.39, 0.29) is 33.8 Å². The minimum atomic E-state index is -4.42. The van der Waals surface area contributed by atoms with E-state index in [1.807, 2.05) is 11.5 Å². The number of alkyl halides is 8. The van der Waals surface area contributed by atoms with Gasteiger partial charge in [-0.3, -0.25) is 9.59 Å². The van der Waals surface area contributed by atoms with E-state index in [2.05, 4.69) is 0 Å². The van der Waals surface area contributed by atoms with Gasteiger partial charge in [-0.15, -0.1) is 0 Å². The van der Waals surface area contributed by atoms with Crippen LogP contribution in [0.25, 0.3) is 21.8 Å². The predicted molar refractivity (Wildman–Crippen MR) is 158 cm³/mol. The Labute approximate surface area is 262 Å². The molecule has 246 valence electrons. The molecule has 1 heterocycles. The number of hydrogen-bond acceptors (Lipinski definition) is 4. The molecule has 0 saturated heterocycles. The minimum absolute atomic E-state index is 0.114. The molecular weight excluding hydrogens is 638 g/mol. The molecule has 0 radical (unpaired) electrons. The number of rotatable bonds is 13. The largest absolute Gasteiger partial charge is 0.487 e. The predicted octanol–water partition coefficient (Wildman–Crippen LogP) is 8.83. The van der Waals surface area contributed by atoms with Crippen LogP contribution in [0.3, 0.4) is 0 Å². The number of carbonyl (C=O) groups is 2. The quantitative estimate of drug-likeness (QED) is 0.0934. The molecule has 0 aliphatic heterocycles. The third-order valence-corrected chi connectivity index (χ3v) is 7.44. The van der Waals surface area contributed by atoms with Crippen molar-refractivity contribution >= 4 is 33.4 Å². The van der Waals surface area contributed by atoms with Crippen LogP contribution in [0, 0.1) is 0 Å². The summed E-state index contributed by atoms with van der Waals surface area (Å²) in [5.41, 5.74) is 1.92. The van der Waals surface area contributed by atoms with Gasteiger partial charge in [0.1, 0.15) is 11.5 Å². The maximum absolute atomic E-state index is 13.5. The normalized spacial score (nSPS) is 12.3. The highest BCUT2D eigenvalue weighted by Gasteiger charge is 2.42. The molecule has 0 amide bonds. The van der Waals surface area contributed by atoms with Crippen molar-refractivity contribution in [2.24, 2.45) is 0 Å². The second-order valence-corrected chi connectivity index (χ2v) is 10.6. The molecule has 4 aromatic carbocycles. The van der Waals surface area contributed by atoms with Crippen LogP contribution in [0.2, 0.25) is 0 Å². The summed E-state index contributed by atoms with van der Waals surface area (Å²) in [6, 6.07) is 20.2. The average Bonchev–Trinajstić information content (AvgIpc) is 3.38. The molecule has 5 aromatic rings. The topological polar surface area (TPSA) is 57.5 Å². The summed E-state index contributed by atoms with van der Waals surface area (Å²) < 4.78 is 115. The lowest BCUT2D eigenvalue weighted by Crippen LogP contribution is -2.34. The number of benzene rings is 4. The number of ether oxygens (including phenoxy) is 2. The van der Waals surface area contributed by atoms with E-state index >= 15 is 0 Å². The third-order valence-electron chi connectivity index (χ3n) is 7.44. The van der Waals surface area contributed by atoms with Gasteiger partial charge in [-0.2, -0.15) is 17.6 Å².